The van der Waals surface area contributed by atoms with E-state index in [0.717, 1.165) is 22.2 Å². The van der Waals surface area contributed by atoms with Crippen LogP contribution in [0.2, 0.25) is 0 Å². The third-order valence-corrected chi connectivity index (χ3v) is 2.19. The van der Waals surface area contributed by atoms with Gasteiger partial charge in [-0.3, -0.25) is 0 Å². The molecule has 3 heteroatoms. The molecule has 0 bridgehead atoms. The first-order valence-corrected chi connectivity index (χ1v) is 4.93. The summed E-state index contributed by atoms with van der Waals surface area (Å²) in [7, 11) is 1.56. The van der Waals surface area contributed by atoms with Crippen LogP contribution in [0.15, 0.2) is 33.9 Å². The van der Waals surface area contributed by atoms with E-state index >= 15 is 0 Å². The van der Waals surface area contributed by atoms with Crippen LogP contribution in [0, 0.1) is 0 Å². The maximum atomic E-state index is 4.76. The minimum atomic E-state index is 0.865. The summed E-state index contributed by atoms with van der Waals surface area (Å²) in [4.78, 5) is 4.76. The average Bonchev–Trinajstić information content (AvgIpc) is 2.14. The zero-order chi connectivity index (χ0) is 9.68. The first-order valence-electron chi connectivity index (χ1n) is 4.14. The van der Waals surface area contributed by atoms with Crippen LogP contribution in [-0.4, -0.2) is 12.8 Å². The molecule has 0 aromatic heterocycles. The Hall–Kier alpha value is -0.830. The molecule has 0 unspecified atom stereocenters. The normalized spacial score (nSPS) is 11.5. The number of rotatable bonds is 3. The van der Waals surface area contributed by atoms with Gasteiger partial charge < -0.3 is 4.84 Å². The summed E-state index contributed by atoms with van der Waals surface area (Å²) in [6.07, 6.45) is 0.865. The van der Waals surface area contributed by atoms with Crippen molar-refractivity contribution in [1.82, 2.24) is 0 Å². The number of halogens is 1. The number of oxime groups is 1. The van der Waals surface area contributed by atoms with Crippen LogP contribution in [0.3, 0.4) is 0 Å². The summed E-state index contributed by atoms with van der Waals surface area (Å²) in [5.74, 6) is 0. The van der Waals surface area contributed by atoms with Gasteiger partial charge in [-0.1, -0.05) is 40.1 Å². The van der Waals surface area contributed by atoms with Gasteiger partial charge in [-0.15, -0.1) is 0 Å². The van der Waals surface area contributed by atoms with Crippen LogP contribution in [0.5, 0.6) is 0 Å². The lowest BCUT2D eigenvalue weighted by atomic mass is 10.1. The van der Waals surface area contributed by atoms with Crippen molar-refractivity contribution in [3.8, 4) is 0 Å². The minimum Gasteiger partial charge on any atom is -0.399 e. The maximum absolute atomic E-state index is 4.76. The predicted octanol–water partition coefficient (Wildman–Crippen LogP) is 3.21. The van der Waals surface area contributed by atoms with E-state index in [0.29, 0.717) is 0 Å². The molecule has 0 N–H and O–H groups in total. The van der Waals surface area contributed by atoms with Gasteiger partial charge in [-0.2, -0.15) is 0 Å². The molecule has 0 heterocycles. The van der Waals surface area contributed by atoms with E-state index in [2.05, 4.69) is 28.0 Å². The fraction of sp³-hybridized carbons (Fsp3) is 0.300. The molecule has 0 radical (unpaired) electrons. The fourth-order valence-corrected chi connectivity index (χ4v) is 1.50. The molecule has 13 heavy (non-hydrogen) atoms. The Labute approximate surface area is 86.7 Å². The molecule has 0 atom stereocenters. The highest BCUT2D eigenvalue weighted by Gasteiger charge is 2.01. The van der Waals surface area contributed by atoms with Crippen molar-refractivity contribution in [3.05, 3.63) is 34.3 Å². The molecule has 70 valence electrons. The van der Waals surface area contributed by atoms with Gasteiger partial charge in [0.15, 0.2) is 0 Å². The molecule has 0 saturated heterocycles. The second kappa shape index (κ2) is 5.02. The molecule has 1 aromatic carbocycles. The van der Waals surface area contributed by atoms with Crippen LogP contribution in [-0.2, 0) is 4.84 Å². The largest absolute Gasteiger partial charge is 0.399 e. The van der Waals surface area contributed by atoms with Gasteiger partial charge >= 0.3 is 0 Å². The van der Waals surface area contributed by atoms with E-state index in [4.69, 9.17) is 4.84 Å². The van der Waals surface area contributed by atoms with Crippen molar-refractivity contribution in [2.45, 2.75) is 13.3 Å². The molecule has 2 nitrogen and oxygen atoms in total. The van der Waals surface area contributed by atoms with Crippen molar-refractivity contribution < 1.29 is 4.84 Å². The SMILES string of the molecule is CC/C(=N/OC)c1cccc(Br)c1. The second-order valence-corrected chi connectivity index (χ2v) is 3.50. The average molecular weight is 242 g/mol. The first kappa shape index (κ1) is 10.3. The smallest absolute Gasteiger partial charge is 0.106 e. The Kier molecular flexibility index (Phi) is 3.96. The quantitative estimate of drug-likeness (QED) is 0.589. The predicted molar refractivity (Wildman–Crippen MR) is 58.0 cm³/mol. The topological polar surface area (TPSA) is 21.6 Å². The lowest BCUT2D eigenvalue weighted by molar-refractivity contribution is 0.213. The molecular formula is C10H12BrNO. The third kappa shape index (κ3) is 2.84. The van der Waals surface area contributed by atoms with E-state index in [9.17, 15) is 0 Å². The van der Waals surface area contributed by atoms with Gasteiger partial charge in [0.1, 0.15) is 7.11 Å². The lowest BCUT2D eigenvalue weighted by Crippen LogP contribution is -1.99. The zero-order valence-electron chi connectivity index (χ0n) is 7.75. The molecule has 1 rings (SSSR count). The van der Waals surface area contributed by atoms with E-state index in [-0.39, 0.29) is 0 Å². The molecule has 0 saturated carbocycles. The van der Waals surface area contributed by atoms with Crippen LogP contribution in [0.25, 0.3) is 0 Å². The van der Waals surface area contributed by atoms with Crippen molar-refractivity contribution >= 4 is 21.6 Å². The number of nitrogens with zero attached hydrogens (tertiary/aromatic N) is 1. The van der Waals surface area contributed by atoms with E-state index in [1.807, 2.05) is 24.3 Å². The highest BCUT2D eigenvalue weighted by atomic mass is 79.9. The highest BCUT2D eigenvalue weighted by Crippen LogP contribution is 2.13. The Morgan fingerprint density at radius 3 is 2.85 bits per heavy atom. The minimum absolute atomic E-state index is 0.865. The van der Waals surface area contributed by atoms with Gasteiger partial charge in [0.2, 0.25) is 0 Å². The summed E-state index contributed by atoms with van der Waals surface area (Å²) in [5, 5.41) is 3.95. The Bertz CT molecular complexity index is 310. The van der Waals surface area contributed by atoms with Crippen molar-refractivity contribution in [3.63, 3.8) is 0 Å². The summed E-state index contributed by atoms with van der Waals surface area (Å²) in [5.41, 5.74) is 2.06. The molecule has 0 amide bonds. The maximum Gasteiger partial charge on any atom is 0.106 e. The summed E-state index contributed by atoms with van der Waals surface area (Å²) in [6.45, 7) is 2.05. The Balaban J connectivity index is 2.98. The monoisotopic (exact) mass is 241 g/mol. The van der Waals surface area contributed by atoms with E-state index < -0.39 is 0 Å². The fourth-order valence-electron chi connectivity index (χ4n) is 1.10. The zero-order valence-corrected chi connectivity index (χ0v) is 9.34. The van der Waals surface area contributed by atoms with Crippen LogP contribution < -0.4 is 0 Å². The van der Waals surface area contributed by atoms with Gasteiger partial charge in [0, 0.05) is 10.0 Å². The molecular weight excluding hydrogens is 230 g/mol. The van der Waals surface area contributed by atoms with Gasteiger partial charge in [0.05, 0.1) is 5.71 Å². The second-order valence-electron chi connectivity index (χ2n) is 2.58. The van der Waals surface area contributed by atoms with Gasteiger partial charge in [-0.25, -0.2) is 0 Å². The van der Waals surface area contributed by atoms with Gasteiger partial charge in [0.25, 0.3) is 0 Å². The standard InChI is InChI=1S/C10H12BrNO/c1-3-10(12-13-2)8-5-4-6-9(11)7-8/h4-7H,3H2,1-2H3/b12-10-. The number of hydrogen-bond acceptors (Lipinski definition) is 2. The van der Waals surface area contributed by atoms with Crippen LogP contribution in [0.1, 0.15) is 18.9 Å². The Morgan fingerprint density at radius 2 is 2.31 bits per heavy atom. The molecule has 1 aromatic rings. The first-order chi connectivity index (χ1) is 6.27. The molecule has 0 aliphatic heterocycles. The van der Waals surface area contributed by atoms with Crippen LogP contribution >= 0.6 is 15.9 Å². The summed E-state index contributed by atoms with van der Waals surface area (Å²) >= 11 is 3.41. The third-order valence-electron chi connectivity index (χ3n) is 1.69. The van der Waals surface area contributed by atoms with Crippen molar-refractivity contribution in [1.29, 1.82) is 0 Å². The van der Waals surface area contributed by atoms with Crippen LogP contribution in [0.4, 0.5) is 0 Å². The number of benzene rings is 1. The highest BCUT2D eigenvalue weighted by molar-refractivity contribution is 9.10. The molecule has 0 aliphatic rings. The number of hydrogen-bond donors (Lipinski definition) is 0. The van der Waals surface area contributed by atoms with Crippen molar-refractivity contribution in [2.75, 3.05) is 7.11 Å². The van der Waals surface area contributed by atoms with Gasteiger partial charge in [-0.05, 0) is 18.6 Å². The lowest BCUT2D eigenvalue weighted by Gasteiger charge is -2.02. The Morgan fingerprint density at radius 1 is 1.54 bits per heavy atom. The molecule has 0 spiro atoms. The van der Waals surface area contributed by atoms with Crippen molar-refractivity contribution in [2.24, 2.45) is 5.16 Å². The van der Waals surface area contributed by atoms with E-state index in [1.165, 1.54) is 0 Å². The van der Waals surface area contributed by atoms with E-state index in [1.54, 1.807) is 7.11 Å². The molecule has 0 aliphatic carbocycles. The summed E-state index contributed by atoms with van der Waals surface area (Å²) in [6, 6.07) is 8.03. The molecule has 0 fully saturated rings. The summed E-state index contributed by atoms with van der Waals surface area (Å²) < 4.78 is 1.06.